The summed E-state index contributed by atoms with van der Waals surface area (Å²) < 4.78 is 6.79. The van der Waals surface area contributed by atoms with Gasteiger partial charge in [-0.1, -0.05) is 98.8 Å². The Bertz CT molecular complexity index is 1730. The summed E-state index contributed by atoms with van der Waals surface area (Å²) in [4.78, 5) is 4.49. The molecule has 0 unspecified atom stereocenters. The number of pyridine rings is 1. The smallest absolute Gasteiger partial charge is 0.143 e. The molecule has 7 rings (SSSR count). The van der Waals surface area contributed by atoms with Crippen molar-refractivity contribution in [2.24, 2.45) is 0 Å². The molecule has 0 saturated heterocycles. The van der Waals surface area contributed by atoms with Gasteiger partial charge in [0, 0.05) is 34.0 Å². The van der Waals surface area contributed by atoms with Gasteiger partial charge in [0.05, 0.1) is 0 Å². The lowest BCUT2D eigenvalue weighted by molar-refractivity contribution is 0.491. The minimum Gasteiger partial charge on any atom is -0.456 e. The Labute approximate surface area is 210 Å². The van der Waals surface area contributed by atoms with Gasteiger partial charge in [-0.2, -0.15) is 0 Å². The molecule has 2 nitrogen and oxygen atoms in total. The fourth-order valence-electron chi connectivity index (χ4n) is 5.87. The monoisotopic (exact) mass is 463 g/mol. The molecule has 0 atom stereocenters. The second-order valence-corrected chi connectivity index (χ2v) is 10.0. The molecule has 0 N–H and O–H groups in total. The molecule has 0 saturated carbocycles. The number of hydrogen-bond donors (Lipinski definition) is 0. The number of rotatable bonds is 3. The fourth-order valence-corrected chi connectivity index (χ4v) is 5.87. The minimum absolute atomic E-state index is 0.0729. The second kappa shape index (κ2) is 7.79. The van der Waals surface area contributed by atoms with E-state index in [4.69, 9.17) is 4.74 Å². The predicted molar refractivity (Wildman–Crippen MR) is 149 cm³/mol. The van der Waals surface area contributed by atoms with E-state index in [0.717, 1.165) is 33.0 Å². The molecule has 0 amide bonds. The van der Waals surface area contributed by atoms with Crippen molar-refractivity contribution in [3.8, 4) is 33.8 Å². The first-order chi connectivity index (χ1) is 17.6. The maximum atomic E-state index is 6.79. The van der Waals surface area contributed by atoms with E-state index in [2.05, 4.69) is 122 Å². The third-order valence-electron chi connectivity index (χ3n) is 7.61. The van der Waals surface area contributed by atoms with Crippen molar-refractivity contribution >= 4 is 21.5 Å². The molecule has 0 fully saturated rings. The highest BCUT2D eigenvalue weighted by Gasteiger charge is 2.35. The molecule has 2 heteroatoms. The number of aromatic nitrogens is 1. The van der Waals surface area contributed by atoms with E-state index in [1.54, 1.807) is 0 Å². The zero-order chi connectivity index (χ0) is 24.3. The zero-order valence-corrected chi connectivity index (χ0v) is 20.3. The topological polar surface area (TPSA) is 22.1 Å². The maximum absolute atomic E-state index is 6.79. The minimum atomic E-state index is -0.0729. The van der Waals surface area contributed by atoms with E-state index in [1.807, 2.05) is 12.4 Å². The first-order valence-electron chi connectivity index (χ1n) is 12.4. The highest BCUT2D eigenvalue weighted by atomic mass is 16.5. The van der Waals surface area contributed by atoms with E-state index < -0.39 is 0 Å². The van der Waals surface area contributed by atoms with Crippen LogP contribution < -0.4 is 4.74 Å². The number of fused-ring (bicyclic) bond motifs is 5. The van der Waals surface area contributed by atoms with Gasteiger partial charge < -0.3 is 4.74 Å². The van der Waals surface area contributed by atoms with Gasteiger partial charge in [-0.15, -0.1) is 0 Å². The van der Waals surface area contributed by atoms with Crippen LogP contribution in [0.2, 0.25) is 0 Å². The summed E-state index contributed by atoms with van der Waals surface area (Å²) in [5.41, 5.74) is 7.57. The third-order valence-corrected chi connectivity index (χ3v) is 7.61. The molecule has 1 heterocycles. The Morgan fingerprint density at radius 1 is 0.611 bits per heavy atom. The van der Waals surface area contributed by atoms with Crippen molar-refractivity contribution in [1.82, 2.24) is 4.98 Å². The van der Waals surface area contributed by atoms with Crippen molar-refractivity contribution in [3.05, 3.63) is 127 Å². The highest BCUT2D eigenvalue weighted by molar-refractivity contribution is 6.16. The summed E-state index contributed by atoms with van der Waals surface area (Å²) in [6, 6.07) is 36.4. The Morgan fingerprint density at radius 2 is 1.31 bits per heavy atom. The number of ether oxygens (including phenoxy) is 1. The lowest BCUT2D eigenvalue weighted by atomic mass is 9.82. The van der Waals surface area contributed by atoms with Crippen LogP contribution in [0, 0.1) is 0 Å². The van der Waals surface area contributed by atoms with Gasteiger partial charge in [-0.3, -0.25) is 4.98 Å². The van der Waals surface area contributed by atoms with E-state index in [9.17, 15) is 0 Å². The van der Waals surface area contributed by atoms with Crippen LogP contribution in [0.1, 0.15) is 25.0 Å². The zero-order valence-electron chi connectivity index (χ0n) is 20.3. The van der Waals surface area contributed by atoms with Crippen LogP contribution in [-0.2, 0) is 5.41 Å². The molecule has 1 aliphatic rings. The molecule has 172 valence electrons. The van der Waals surface area contributed by atoms with E-state index in [1.165, 1.54) is 33.4 Å². The number of nitrogens with zero attached hydrogens (tertiary/aromatic N) is 1. The molecular weight excluding hydrogens is 438 g/mol. The SMILES string of the molecule is CC1(C)c2ccccc2-c2ccc(Oc3c4ccccc4c(-c4ccccc4)c4cnccc34)cc21. The molecule has 0 spiro atoms. The Morgan fingerprint density at radius 3 is 2.17 bits per heavy atom. The van der Waals surface area contributed by atoms with Gasteiger partial charge in [0.2, 0.25) is 0 Å². The van der Waals surface area contributed by atoms with Gasteiger partial charge >= 0.3 is 0 Å². The van der Waals surface area contributed by atoms with Gasteiger partial charge in [0.25, 0.3) is 0 Å². The van der Waals surface area contributed by atoms with E-state index in [0.29, 0.717) is 0 Å². The second-order valence-electron chi connectivity index (χ2n) is 10.0. The molecule has 36 heavy (non-hydrogen) atoms. The standard InChI is InChI=1S/C34H25NO/c1-34(2)30-15-9-8-12-24(30)25-17-16-23(20-31(25)34)36-33-27-14-7-6-13-26(27)32(22-10-4-3-5-11-22)29-21-35-19-18-28(29)33/h3-21H,1-2H3. The molecule has 0 radical (unpaired) electrons. The van der Waals surface area contributed by atoms with Gasteiger partial charge in [0.1, 0.15) is 11.5 Å². The Balaban J connectivity index is 1.44. The largest absolute Gasteiger partial charge is 0.456 e. The first-order valence-corrected chi connectivity index (χ1v) is 12.4. The molecule has 1 aromatic heterocycles. The molecule has 5 aromatic carbocycles. The molecule has 1 aliphatic carbocycles. The van der Waals surface area contributed by atoms with Crippen LogP contribution in [0.4, 0.5) is 0 Å². The van der Waals surface area contributed by atoms with Crippen molar-refractivity contribution in [2.75, 3.05) is 0 Å². The first kappa shape index (κ1) is 20.9. The van der Waals surface area contributed by atoms with Crippen LogP contribution in [0.25, 0.3) is 43.8 Å². The normalized spacial score (nSPS) is 13.5. The summed E-state index contributed by atoms with van der Waals surface area (Å²) in [6.45, 7) is 4.60. The maximum Gasteiger partial charge on any atom is 0.143 e. The van der Waals surface area contributed by atoms with Gasteiger partial charge in [-0.25, -0.2) is 0 Å². The van der Waals surface area contributed by atoms with Crippen molar-refractivity contribution in [1.29, 1.82) is 0 Å². The molecule has 0 aliphatic heterocycles. The van der Waals surface area contributed by atoms with E-state index in [-0.39, 0.29) is 5.41 Å². The van der Waals surface area contributed by atoms with Crippen LogP contribution >= 0.6 is 0 Å². The fraction of sp³-hybridized carbons (Fsp3) is 0.0882. The van der Waals surface area contributed by atoms with Crippen LogP contribution in [-0.4, -0.2) is 4.98 Å². The number of hydrogen-bond acceptors (Lipinski definition) is 2. The van der Waals surface area contributed by atoms with Crippen molar-refractivity contribution in [2.45, 2.75) is 19.3 Å². The number of benzene rings is 5. The van der Waals surface area contributed by atoms with Crippen LogP contribution in [0.5, 0.6) is 11.5 Å². The van der Waals surface area contributed by atoms with Crippen LogP contribution in [0.15, 0.2) is 116 Å². The predicted octanol–water partition coefficient (Wildman–Crippen LogP) is 9.15. The van der Waals surface area contributed by atoms with Crippen LogP contribution in [0.3, 0.4) is 0 Å². The Hall–Kier alpha value is -4.43. The molecule has 0 bridgehead atoms. The highest BCUT2D eigenvalue weighted by Crippen LogP contribution is 2.50. The summed E-state index contributed by atoms with van der Waals surface area (Å²) in [5, 5.41) is 4.41. The van der Waals surface area contributed by atoms with Gasteiger partial charge in [-0.05, 0) is 57.0 Å². The summed E-state index contributed by atoms with van der Waals surface area (Å²) in [7, 11) is 0. The van der Waals surface area contributed by atoms with Gasteiger partial charge in [0.15, 0.2) is 0 Å². The third kappa shape index (κ3) is 3.01. The lowest BCUT2D eigenvalue weighted by Gasteiger charge is -2.22. The Kier molecular flexibility index (Phi) is 4.52. The molecule has 6 aromatic rings. The molecular formula is C34H25NO. The summed E-state index contributed by atoms with van der Waals surface area (Å²) in [6.07, 6.45) is 3.81. The quantitative estimate of drug-likeness (QED) is 0.244. The average Bonchev–Trinajstić information content (AvgIpc) is 3.15. The average molecular weight is 464 g/mol. The summed E-state index contributed by atoms with van der Waals surface area (Å²) in [5.74, 6) is 1.72. The summed E-state index contributed by atoms with van der Waals surface area (Å²) >= 11 is 0. The van der Waals surface area contributed by atoms with Crippen molar-refractivity contribution in [3.63, 3.8) is 0 Å². The van der Waals surface area contributed by atoms with Crippen molar-refractivity contribution < 1.29 is 4.74 Å². The van der Waals surface area contributed by atoms with E-state index >= 15 is 0 Å². The lowest BCUT2D eigenvalue weighted by Crippen LogP contribution is -2.14.